The molecule has 0 saturated heterocycles. The Hall–Kier alpha value is -2.43. The molecule has 178 valence electrons. The molecule has 2 aromatic carbocycles. The summed E-state index contributed by atoms with van der Waals surface area (Å²) in [5.41, 5.74) is 3.88. The highest BCUT2D eigenvalue weighted by Crippen LogP contribution is 2.35. The van der Waals surface area contributed by atoms with Gasteiger partial charge < -0.3 is 14.9 Å². The van der Waals surface area contributed by atoms with E-state index in [4.69, 9.17) is 5.11 Å². The number of aliphatic hydroxyl groups excluding tert-OH is 1. The van der Waals surface area contributed by atoms with Gasteiger partial charge in [0.2, 0.25) is 5.91 Å². The molecule has 0 aromatic heterocycles. The highest BCUT2D eigenvalue weighted by atomic mass is 16.3. The first kappa shape index (κ1) is 25.2. The lowest BCUT2D eigenvalue weighted by Gasteiger charge is -2.36. The Morgan fingerprint density at radius 1 is 1.03 bits per heavy atom. The lowest BCUT2D eigenvalue weighted by atomic mass is 9.81. The van der Waals surface area contributed by atoms with Crippen LogP contribution in [0.4, 0.5) is 0 Å². The van der Waals surface area contributed by atoms with E-state index in [-0.39, 0.29) is 12.5 Å². The lowest BCUT2D eigenvalue weighted by Crippen LogP contribution is -2.41. The van der Waals surface area contributed by atoms with E-state index in [0.717, 1.165) is 57.3 Å². The first-order valence-electron chi connectivity index (χ1n) is 12.5. The van der Waals surface area contributed by atoms with Crippen molar-refractivity contribution in [2.45, 2.75) is 64.0 Å². The molecule has 0 bridgehead atoms. The molecule has 1 N–H and O–H groups in total. The fourth-order valence-corrected chi connectivity index (χ4v) is 4.96. The van der Waals surface area contributed by atoms with Crippen molar-refractivity contribution in [1.82, 2.24) is 9.80 Å². The Morgan fingerprint density at radius 3 is 2.36 bits per heavy atom. The van der Waals surface area contributed by atoms with Gasteiger partial charge in [0, 0.05) is 38.7 Å². The topological polar surface area (TPSA) is 43.8 Å². The van der Waals surface area contributed by atoms with Gasteiger partial charge >= 0.3 is 0 Å². The summed E-state index contributed by atoms with van der Waals surface area (Å²) in [6, 6.07) is 19.6. The van der Waals surface area contributed by atoms with E-state index in [9.17, 15) is 4.79 Å². The van der Waals surface area contributed by atoms with Gasteiger partial charge in [0.1, 0.15) is 0 Å². The number of aliphatic hydroxyl groups is 1. The van der Waals surface area contributed by atoms with Crippen molar-refractivity contribution in [3.05, 3.63) is 77.4 Å². The van der Waals surface area contributed by atoms with Crippen LogP contribution in [-0.4, -0.2) is 53.6 Å². The van der Waals surface area contributed by atoms with Crippen LogP contribution in [0.5, 0.6) is 0 Å². The Labute approximate surface area is 199 Å². The van der Waals surface area contributed by atoms with Crippen LogP contribution in [0.1, 0.15) is 68.1 Å². The maximum atomic E-state index is 12.9. The zero-order valence-corrected chi connectivity index (χ0v) is 20.3. The standard InChI is InChI=1S/C29H40N2O2/c1-3-31(29(33)12-7-11-24-9-5-4-6-10-24)28-19-17-27(18-20-28)26-15-13-25(14-16-26)23-30(2)21-8-22-32/h4-7,9-11,13-16,27-28,32H,3,8,12,17-23H2,1-2H3/b11-7+. The molecule has 33 heavy (non-hydrogen) atoms. The second kappa shape index (κ2) is 13.3. The Bertz CT molecular complexity index is 855. The fraction of sp³-hybridized carbons (Fsp3) is 0.483. The van der Waals surface area contributed by atoms with Crippen molar-refractivity contribution >= 4 is 12.0 Å². The van der Waals surface area contributed by atoms with Crippen LogP contribution in [0, 0.1) is 0 Å². The van der Waals surface area contributed by atoms with E-state index in [0.29, 0.717) is 18.4 Å². The maximum Gasteiger partial charge on any atom is 0.226 e. The number of rotatable bonds is 11. The average Bonchev–Trinajstić information content (AvgIpc) is 2.85. The Kier molecular flexibility index (Phi) is 10.2. The van der Waals surface area contributed by atoms with Gasteiger partial charge in [-0.05, 0) is 68.7 Å². The van der Waals surface area contributed by atoms with Crippen molar-refractivity contribution in [2.75, 3.05) is 26.7 Å². The normalized spacial score (nSPS) is 18.7. The summed E-state index contributed by atoms with van der Waals surface area (Å²) in [5.74, 6) is 0.831. The molecule has 2 aromatic rings. The van der Waals surface area contributed by atoms with Gasteiger partial charge in [-0.3, -0.25) is 4.79 Å². The molecule has 4 nitrogen and oxygen atoms in total. The molecule has 1 aliphatic rings. The fourth-order valence-electron chi connectivity index (χ4n) is 4.96. The van der Waals surface area contributed by atoms with Crippen LogP contribution in [0.15, 0.2) is 60.7 Å². The molecule has 1 amide bonds. The predicted octanol–water partition coefficient (Wildman–Crippen LogP) is 5.48. The lowest BCUT2D eigenvalue weighted by molar-refractivity contribution is -0.133. The number of hydrogen-bond donors (Lipinski definition) is 1. The van der Waals surface area contributed by atoms with Crippen LogP contribution in [-0.2, 0) is 11.3 Å². The maximum absolute atomic E-state index is 12.9. The summed E-state index contributed by atoms with van der Waals surface area (Å²) in [5, 5.41) is 8.99. The van der Waals surface area contributed by atoms with Crippen LogP contribution >= 0.6 is 0 Å². The third-order valence-corrected chi connectivity index (χ3v) is 6.80. The van der Waals surface area contributed by atoms with E-state index in [1.54, 1.807) is 0 Å². The third-order valence-electron chi connectivity index (χ3n) is 6.80. The molecule has 0 spiro atoms. The molecule has 0 radical (unpaired) electrons. The number of benzene rings is 2. The number of hydrogen-bond acceptors (Lipinski definition) is 3. The van der Waals surface area contributed by atoms with E-state index in [1.165, 1.54) is 11.1 Å². The minimum absolute atomic E-state index is 0.239. The molecule has 3 rings (SSSR count). The summed E-state index contributed by atoms with van der Waals surface area (Å²) in [4.78, 5) is 17.2. The van der Waals surface area contributed by atoms with Crippen molar-refractivity contribution in [2.24, 2.45) is 0 Å². The second-order valence-electron chi connectivity index (χ2n) is 9.26. The highest BCUT2D eigenvalue weighted by Gasteiger charge is 2.28. The van der Waals surface area contributed by atoms with E-state index >= 15 is 0 Å². The monoisotopic (exact) mass is 448 g/mol. The van der Waals surface area contributed by atoms with Crippen molar-refractivity contribution in [3.63, 3.8) is 0 Å². The number of carbonyl (C=O) groups is 1. The highest BCUT2D eigenvalue weighted by molar-refractivity contribution is 5.79. The zero-order chi connectivity index (χ0) is 23.5. The van der Waals surface area contributed by atoms with E-state index < -0.39 is 0 Å². The van der Waals surface area contributed by atoms with Crippen molar-refractivity contribution < 1.29 is 9.90 Å². The molecule has 0 atom stereocenters. The quantitative estimate of drug-likeness (QED) is 0.495. The molecule has 1 saturated carbocycles. The Balaban J connectivity index is 1.47. The van der Waals surface area contributed by atoms with Gasteiger partial charge in [0.15, 0.2) is 0 Å². The molecule has 4 heteroatoms. The molecule has 0 aliphatic heterocycles. The van der Waals surface area contributed by atoms with Gasteiger partial charge in [-0.1, -0.05) is 66.7 Å². The molecule has 0 unspecified atom stereocenters. The number of nitrogens with zero attached hydrogens (tertiary/aromatic N) is 2. The van der Waals surface area contributed by atoms with Crippen LogP contribution in [0.25, 0.3) is 6.08 Å². The molecule has 1 aliphatic carbocycles. The second-order valence-corrected chi connectivity index (χ2v) is 9.26. The number of amides is 1. The van der Waals surface area contributed by atoms with Crippen LogP contribution in [0.3, 0.4) is 0 Å². The molecular formula is C29H40N2O2. The smallest absolute Gasteiger partial charge is 0.226 e. The molecule has 0 heterocycles. The summed E-state index contributed by atoms with van der Waals surface area (Å²) in [6.45, 7) is 4.96. The molecule has 1 fully saturated rings. The average molecular weight is 449 g/mol. The van der Waals surface area contributed by atoms with E-state index in [1.807, 2.05) is 30.4 Å². The van der Waals surface area contributed by atoms with Crippen LogP contribution < -0.4 is 0 Å². The van der Waals surface area contributed by atoms with E-state index in [2.05, 4.69) is 60.2 Å². The third kappa shape index (κ3) is 7.83. The van der Waals surface area contributed by atoms with Crippen LogP contribution in [0.2, 0.25) is 0 Å². The molecular weight excluding hydrogens is 408 g/mol. The van der Waals surface area contributed by atoms with Crippen molar-refractivity contribution in [1.29, 1.82) is 0 Å². The minimum Gasteiger partial charge on any atom is -0.396 e. The van der Waals surface area contributed by atoms with Crippen molar-refractivity contribution in [3.8, 4) is 0 Å². The summed E-state index contributed by atoms with van der Waals surface area (Å²) in [7, 11) is 2.10. The SMILES string of the molecule is CCN(C(=O)C/C=C/c1ccccc1)C1CCC(c2ccc(CN(C)CCCO)cc2)CC1. The van der Waals surface area contributed by atoms with Gasteiger partial charge in [0.05, 0.1) is 0 Å². The first-order valence-corrected chi connectivity index (χ1v) is 12.5. The number of carbonyl (C=O) groups excluding carboxylic acids is 1. The van der Waals surface area contributed by atoms with Gasteiger partial charge in [-0.2, -0.15) is 0 Å². The van der Waals surface area contributed by atoms with Gasteiger partial charge in [-0.15, -0.1) is 0 Å². The largest absolute Gasteiger partial charge is 0.396 e. The minimum atomic E-state index is 0.239. The predicted molar refractivity (Wildman–Crippen MR) is 137 cm³/mol. The first-order chi connectivity index (χ1) is 16.1. The van der Waals surface area contributed by atoms with Gasteiger partial charge in [-0.25, -0.2) is 0 Å². The Morgan fingerprint density at radius 2 is 1.73 bits per heavy atom. The summed E-state index contributed by atoms with van der Waals surface area (Å²) in [6.07, 6.45) is 9.77. The zero-order valence-electron chi connectivity index (χ0n) is 20.3. The van der Waals surface area contributed by atoms with Gasteiger partial charge in [0.25, 0.3) is 0 Å². The summed E-state index contributed by atoms with van der Waals surface area (Å²) >= 11 is 0. The summed E-state index contributed by atoms with van der Waals surface area (Å²) < 4.78 is 0.